The van der Waals surface area contributed by atoms with Crippen LogP contribution in [0.5, 0.6) is 0 Å². The number of hydrogen-bond donors (Lipinski definition) is 0. The molecule has 0 bridgehead atoms. The van der Waals surface area contributed by atoms with Crippen LogP contribution in [0.25, 0.3) is 16.9 Å². The predicted molar refractivity (Wildman–Crippen MR) is 115 cm³/mol. The van der Waals surface area contributed by atoms with Crippen LogP contribution in [-0.2, 0) is 9.47 Å². The topological polar surface area (TPSA) is 36.3 Å². The summed E-state index contributed by atoms with van der Waals surface area (Å²) in [6, 6.07) is 18.7. The van der Waals surface area contributed by atoms with Crippen LogP contribution in [0.3, 0.4) is 0 Å². The summed E-state index contributed by atoms with van der Waals surface area (Å²) in [7, 11) is 0. The summed E-state index contributed by atoms with van der Waals surface area (Å²) in [6.45, 7) is 3.54. The monoisotopic (exact) mass is 408 g/mol. The van der Waals surface area contributed by atoms with Gasteiger partial charge in [-0.15, -0.1) is 0 Å². The highest BCUT2D eigenvalue weighted by Crippen LogP contribution is 2.42. The Balaban J connectivity index is 1.49. The Morgan fingerprint density at radius 1 is 0.966 bits per heavy atom. The molecule has 2 aliphatic rings. The smallest absolute Gasteiger partial charge is 0.168 e. The van der Waals surface area contributed by atoms with Crippen molar-refractivity contribution in [3.63, 3.8) is 0 Å². The molecule has 29 heavy (non-hydrogen) atoms. The SMILES string of the molecule is Cc1ccc(-c2cc(C3CCC4(CC3)OCCO4)nn2-c2ccc(Cl)cc2)cc1. The van der Waals surface area contributed by atoms with Gasteiger partial charge in [-0.05, 0) is 50.1 Å². The van der Waals surface area contributed by atoms with E-state index >= 15 is 0 Å². The molecule has 2 fully saturated rings. The van der Waals surface area contributed by atoms with E-state index in [1.54, 1.807) is 0 Å². The molecular formula is C24H25ClN2O2. The van der Waals surface area contributed by atoms with Crippen molar-refractivity contribution in [2.45, 2.75) is 44.3 Å². The van der Waals surface area contributed by atoms with Crippen LogP contribution in [0.2, 0.25) is 5.02 Å². The molecule has 2 aromatic carbocycles. The van der Waals surface area contributed by atoms with E-state index in [0.29, 0.717) is 19.1 Å². The third kappa shape index (κ3) is 3.73. The van der Waals surface area contributed by atoms with Crippen molar-refractivity contribution in [3.05, 3.63) is 70.9 Å². The third-order valence-corrected chi connectivity index (χ3v) is 6.38. The standard InChI is InChI=1S/C24H25ClN2O2/c1-17-2-4-19(5-3-17)23-16-22(26-27(23)21-8-6-20(25)7-9-21)18-10-12-24(13-11-18)28-14-15-29-24/h2-9,16,18H,10-15H2,1H3. The Kier molecular flexibility index (Phi) is 4.94. The first-order valence-corrected chi connectivity index (χ1v) is 10.7. The van der Waals surface area contributed by atoms with Gasteiger partial charge in [0, 0.05) is 29.3 Å². The molecule has 1 aliphatic carbocycles. The highest BCUT2D eigenvalue weighted by Gasteiger charge is 2.41. The molecule has 1 saturated heterocycles. The minimum Gasteiger partial charge on any atom is -0.348 e. The molecule has 1 spiro atoms. The van der Waals surface area contributed by atoms with Gasteiger partial charge in [-0.3, -0.25) is 0 Å². The van der Waals surface area contributed by atoms with Crippen LogP contribution in [0.1, 0.15) is 42.9 Å². The summed E-state index contributed by atoms with van der Waals surface area (Å²) in [4.78, 5) is 0. The fourth-order valence-electron chi connectivity index (χ4n) is 4.45. The van der Waals surface area contributed by atoms with Gasteiger partial charge >= 0.3 is 0 Å². The summed E-state index contributed by atoms with van der Waals surface area (Å²) < 4.78 is 13.8. The Morgan fingerprint density at radius 2 is 1.62 bits per heavy atom. The van der Waals surface area contributed by atoms with Crippen molar-refractivity contribution >= 4 is 11.6 Å². The van der Waals surface area contributed by atoms with Crippen molar-refractivity contribution in [3.8, 4) is 16.9 Å². The van der Waals surface area contributed by atoms with Crippen molar-refractivity contribution in [2.24, 2.45) is 0 Å². The quantitative estimate of drug-likeness (QED) is 0.541. The predicted octanol–water partition coefficient (Wildman–Crippen LogP) is 5.90. The lowest BCUT2D eigenvalue weighted by Gasteiger charge is -2.34. The molecule has 2 heterocycles. The fourth-order valence-corrected chi connectivity index (χ4v) is 4.57. The van der Waals surface area contributed by atoms with Crippen LogP contribution >= 0.6 is 11.6 Å². The molecule has 1 aliphatic heterocycles. The van der Waals surface area contributed by atoms with Crippen molar-refractivity contribution in [2.75, 3.05) is 13.2 Å². The molecule has 0 unspecified atom stereocenters. The van der Waals surface area contributed by atoms with Crippen LogP contribution in [0, 0.1) is 6.92 Å². The minimum atomic E-state index is -0.338. The summed E-state index contributed by atoms with van der Waals surface area (Å²) in [5.74, 6) is 0.0841. The summed E-state index contributed by atoms with van der Waals surface area (Å²) in [6.07, 6.45) is 3.94. The lowest BCUT2D eigenvalue weighted by Crippen LogP contribution is -2.34. The lowest BCUT2D eigenvalue weighted by molar-refractivity contribution is -0.178. The van der Waals surface area contributed by atoms with E-state index < -0.39 is 0 Å². The molecule has 0 atom stereocenters. The average Bonchev–Trinajstić information content (AvgIpc) is 3.38. The Hall–Kier alpha value is -2.14. The lowest BCUT2D eigenvalue weighted by atomic mass is 9.83. The first kappa shape index (κ1) is 18.9. The maximum Gasteiger partial charge on any atom is 0.168 e. The largest absolute Gasteiger partial charge is 0.348 e. The number of ether oxygens (including phenoxy) is 2. The zero-order valence-electron chi connectivity index (χ0n) is 16.6. The van der Waals surface area contributed by atoms with E-state index in [2.05, 4.69) is 37.3 Å². The highest BCUT2D eigenvalue weighted by molar-refractivity contribution is 6.30. The number of halogens is 1. The first-order valence-electron chi connectivity index (χ1n) is 10.3. The molecule has 0 amide bonds. The average molecular weight is 409 g/mol. The van der Waals surface area contributed by atoms with Gasteiger partial charge in [0.25, 0.3) is 0 Å². The molecule has 5 heteroatoms. The molecule has 1 aromatic heterocycles. The van der Waals surface area contributed by atoms with Crippen molar-refractivity contribution in [1.29, 1.82) is 0 Å². The van der Waals surface area contributed by atoms with Crippen LogP contribution in [0.4, 0.5) is 0 Å². The Bertz CT molecular complexity index is 916. The zero-order valence-corrected chi connectivity index (χ0v) is 17.4. The van der Waals surface area contributed by atoms with E-state index in [-0.39, 0.29) is 5.79 Å². The van der Waals surface area contributed by atoms with Gasteiger partial charge in [-0.25, -0.2) is 4.68 Å². The van der Waals surface area contributed by atoms with Gasteiger partial charge in [-0.1, -0.05) is 41.4 Å². The van der Waals surface area contributed by atoms with Crippen LogP contribution < -0.4 is 0 Å². The van der Waals surface area contributed by atoms with Gasteiger partial charge in [0.05, 0.1) is 30.3 Å². The maximum absolute atomic E-state index is 6.11. The molecule has 4 nitrogen and oxygen atoms in total. The minimum absolute atomic E-state index is 0.338. The van der Waals surface area contributed by atoms with E-state index in [9.17, 15) is 0 Å². The van der Waals surface area contributed by atoms with E-state index in [4.69, 9.17) is 26.2 Å². The van der Waals surface area contributed by atoms with E-state index in [1.165, 1.54) is 11.1 Å². The van der Waals surface area contributed by atoms with Crippen molar-refractivity contribution < 1.29 is 9.47 Å². The van der Waals surface area contributed by atoms with E-state index in [0.717, 1.165) is 47.8 Å². The molecule has 150 valence electrons. The van der Waals surface area contributed by atoms with Gasteiger partial charge in [0.2, 0.25) is 0 Å². The second-order valence-corrected chi connectivity index (χ2v) is 8.53. The van der Waals surface area contributed by atoms with Crippen molar-refractivity contribution in [1.82, 2.24) is 9.78 Å². The van der Waals surface area contributed by atoms with Gasteiger partial charge in [-0.2, -0.15) is 5.10 Å². The number of rotatable bonds is 3. The molecular weight excluding hydrogens is 384 g/mol. The van der Waals surface area contributed by atoms with Gasteiger partial charge in [0.1, 0.15) is 0 Å². The summed E-state index contributed by atoms with van der Waals surface area (Å²) in [5, 5.41) is 5.77. The third-order valence-electron chi connectivity index (χ3n) is 6.13. The van der Waals surface area contributed by atoms with Crippen LogP contribution in [-0.4, -0.2) is 28.8 Å². The van der Waals surface area contributed by atoms with Crippen LogP contribution in [0.15, 0.2) is 54.6 Å². The number of hydrogen-bond acceptors (Lipinski definition) is 3. The van der Waals surface area contributed by atoms with E-state index in [1.807, 2.05) is 28.9 Å². The zero-order chi connectivity index (χ0) is 19.8. The molecule has 3 aromatic rings. The highest BCUT2D eigenvalue weighted by atomic mass is 35.5. The Morgan fingerprint density at radius 3 is 2.28 bits per heavy atom. The Labute approximate surface area is 176 Å². The summed E-state index contributed by atoms with van der Waals surface area (Å²) in [5.41, 5.74) is 5.69. The second kappa shape index (κ2) is 7.60. The van der Waals surface area contributed by atoms with Gasteiger partial charge < -0.3 is 9.47 Å². The number of nitrogens with zero attached hydrogens (tertiary/aromatic N) is 2. The fraction of sp³-hybridized carbons (Fsp3) is 0.375. The molecule has 0 radical (unpaired) electrons. The second-order valence-electron chi connectivity index (χ2n) is 8.09. The normalized spacial score (nSPS) is 19.1. The van der Waals surface area contributed by atoms with Gasteiger partial charge in [0.15, 0.2) is 5.79 Å². The number of aromatic nitrogens is 2. The molecule has 5 rings (SSSR count). The summed E-state index contributed by atoms with van der Waals surface area (Å²) >= 11 is 6.11. The maximum atomic E-state index is 6.11. The number of aryl methyl sites for hydroxylation is 1. The first-order chi connectivity index (χ1) is 14.1. The molecule has 0 N–H and O–H groups in total. The number of benzene rings is 2. The molecule has 1 saturated carbocycles.